The summed E-state index contributed by atoms with van der Waals surface area (Å²) in [5.74, 6) is 1.95. The molecule has 2 aromatic heterocycles. The van der Waals surface area contributed by atoms with Gasteiger partial charge in [0.25, 0.3) is 5.91 Å². The molecule has 7 rings (SSSR count). The van der Waals surface area contributed by atoms with Crippen molar-refractivity contribution in [2.45, 2.75) is 13.0 Å². The molecule has 0 unspecified atom stereocenters. The van der Waals surface area contributed by atoms with Crippen molar-refractivity contribution in [3.8, 4) is 17.2 Å². The fourth-order valence-corrected chi connectivity index (χ4v) is 5.23. The molecule has 0 fully saturated rings. The van der Waals surface area contributed by atoms with E-state index in [0.717, 1.165) is 51.5 Å². The highest BCUT2D eigenvalue weighted by Gasteiger charge is 2.30. The molecule has 0 atom stereocenters. The fourth-order valence-electron chi connectivity index (χ4n) is 5.23. The number of hydrogen-bond donors (Lipinski definition) is 1. The monoisotopic (exact) mass is 485 g/mol. The highest BCUT2D eigenvalue weighted by molar-refractivity contribution is 6.19. The van der Waals surface area contributed by atoms with Crippen molar-refractivity contribution in [2.75, 3.05) is 19.2 Å². The maximum absolute atomic E-state index is 13.0. The van der Waals surface area contributed by atoms with Crippen LogP contribution in [0.5, 0.6) is 17.2 Å². The van der Waals surface area contributed by atoms with E-state index in [-0.39, 0.29) is 25.1 Å². The van der Waals surface area contributed by atoms with Gasteiger partial charge in [-0.2, -0.15) is 4.57 Å². The number of anilines is 1. The topological polar surface area (TPSA) is 73.6 Å². The average Bonchev–Trinajstić information content (AvgIpc) is 3.36. The Morgan fingerprint density at radius 2 is 1.91 bits per heavy atom. The van der Waals surface area contributed by atoms with Gasteiger partial charge < -0.3 is 31.9 Å². The predicted octanol–water partition coefficient (Wildman–Crippen LogP) is 1.38. The van der Waals surface area contributed by atoms with Crippen LogP contribution in [0.15, 0.2) is 60.9 Å². The van der Waals surface area contributed by atoms with Gasteiger partial charge in [-0.3, -0.25) is 9.78 Å². The second-order valence-corrected chi connectivity index (χ2v) is 8.50. The van der Waals surface area contributed by atoms with Crippen LogP contribution in [0, 0.1) is 0 Å². The van der Waals surface area contributed by atoms with Crippen molar-refractivity contribution >= 4 is 44.0 Å². The maximum Gasteiger partial charge on any atom is 0.274 e. The highest BCUT2D eigenvalue weighted by Crippen LogP contribution is 2.45. The minimum atomic E-state index is -0.279. The molecule has 8 heteroatoms. The number of amides is 1. The number of aromatic nitrogens is 2. The van der Waals surface area contributed by atoms with Crippen LogP contribution in [0.3, 0.4) is 0 Å². The molecule has 1 N–H and O–H groups in total. The summed E-state index contributed by atoms with van der Waals surface area (Å²) in [6.07, 6.45) is 4.60. The molecule has 0 bridgehead atoms. The van der Waals surface area contributed by atoms with Gasteiger partial charge in [0, 0.05) is 23.4 Å². The first-order valence-corrected chi connectivity index (χ1v) is 11.2. The van der Waals surface area contributed by atoms with Crippen LogP contribution in [0.1, 0.15) is 16.1 Å². The lowest BCUT2D eigenvalue weighted by molar-refractivity contribution is -0.670. The van der Waals surface area contributed by atoms with E-state index < -0.39 is 0 Å². The first kappa shape index (κ1) is 21.4. The summed E-state index contributed by atoms with van der Waals surface area (Å²) in [5.41, 5.74) is 3.42. The summed E-state index contributed by atoms with van der Waals surface area (Å²) in [6.45, 7) is 1.08. The van der Waals surface area contributed by atoms with Crippen LogP contribution < -0.4 is 36.5 Å². The molecule has 2 aliphatic rings. The van der Waals surface area contributed by atoms with Gasteiger partial charge in [0.1, 0.15) is 11.4 Å². The van der Waals surface area contributed by atoms with Gasteiger partial charge in [-0.25, -0.2) is 0 Å². The second-order valence-electron chi connectivity index (χ2n) is 8.50. The molecule has 5 aromatic rings. The summed E-state index contributed by atoms with van der Waals surface area (Å²) in [7, 11) is 1.61. The van der Waals surface area contributed by atoms with E-state index in [9.17, 15) is 4.79 Å². The average molecular weight is 486 g/mol. The van der Waals surface area contributed by atoms with Crippen molar-refractivity contribution in [1.82, 2.24) is 4.98 Å². The number of carbonyl (C=O) groups excluding carboxylic acids is 1. The zero-order chi connectivity index (χ0) is 22.8. The number of carbonyl (C=O) groups is 1. The van der Waals surface area contributed by atoms with Gasteiger partial charge in [-0.15, -0.1) is 0 Å². The van der Waals surface area contributed by atoms with Crippen molar-refractivity contribution in [3.63, 3.8) is 0 Å². The summed E-state index contributed by atoms with van der Waals surface area (Å²) in [4.78, 5) is 17.2. The van der Waals surface area contributed by atoms with E-state index in [1.807, 2.05) is 6.07 Å². The minimum absolute atomic E-state index is 0. The molecular formula is C27H20ClN3O4. The summed E-state index contributed by atoms with van der Waals surface area (Å²) in [6, 6.07) is 15.6. The molecule has 35 heavy (non-hydrogen) atoms. The van der Waals surface area contributed by atoms with Crippen molar-refractivity contribution < 1.29 is 36.0 Å². The van der Waals surface area contributed by atoms with Crippen LogP contribution in [-0.4, -0.2) is 24.8 Å². The highest BCUT2D eigenvalue weighted by atomic mass is 35.5. The lowest BCUT2D eigenvalue weighted by atomic mass is 9.92. The molecule has 0 spiro atoms. The summed E-state index contributed by atoms with van der Waals surface area (Å²) >= 11 is 0. The smallest absolute Gasteiger partial charge is 0.274 e. The largest absolute Gasteiger partial charge is 1.00 e. The number of fused-ring (bicyclic) bond motifs is 4. The molecule has 3 aromatic carbocycles. The maximum atomic E-state index is 13.0. The van der Waals surface area contributed by atoms with E-state index in [4.69, 9.17) is 14.2 Å². The number of pyridine rings is 2. The Labute approximate surface area is 206 Å². The van der Waals surface area contributed by atoms with Gasteiger partial charge in [-0.05, 0) is 48.0 Å². The van der Waals surface area contributed by atoms with Crippen LogP contribution in [-0.2, 0) is 13.0 Å². The zero-order valence-corrected chi connectivity index (χ0v) is 19.6. The number of ether oxygens (including phenoxy) is 3. The Balaban J connectivity index is 0.00000229. The lowest BCUT2D eigenvalue weighted by Gasteiger charge is -2.18. The Hall–Kier alpha value is -4.10. The fraction of sp³-hybridized carbons (Fsp3) is 0.148. The Morgan fingerprint density at radius 3 is 2.74 bits per heavy atom. The number of halogens is 1. The molecule has 0 saturated carbocycles. The molecule has 174 valence electrons. The molecule has 1 amide bonds. The molecule has 0 aliphatic carbocycles. The van der Waals surface area contributed by atoms with Gasteiger partial charge in [0.05, 0.1) is 29.0 Å². The van der Waals surface area contributed by atoms with E-state index >= 15 is 0 Å². The first-order valence-electron chi connectivity index (χ1n) is 11.2. The van der Waals surface area contributed by atoms with E-state index in [0.29, 0.717) is 17.1 Å². The van der Waals surface area contributed by atoms with Gasteiger partial charge in [0.2, 0.25) is 12.3 Å². The number of rotatable bonds is 3. The van der Waals surface area contributed by atoms with Gasteiger partial charge >= 0.3 is 0 Å². The van der Waals surface area contributed by atoms with Crippen LogP contribution >= 0.6 is 0 Å². The third-order valence-corrected chi connectivity index (χ3v) is 6.74. The zero-order valence-electron chi connectivity index (χ0n) is 18.8. The quantitative estimate of drug-likeness (QED) is 0.309. The SMILES string of the molecule is COc1ccc2c(c[n+]3c4c2ccc2c5c(cc(c24)CC3)OCO5)c1NC(=O)c1ccccn1.[Cl-]. The van der Waals surface area contributed by atoms with Crippen LogP contribution in [0.4, 0.5) is 5.69 Å². The van der Waals surface area contributed by atoms with Crippen LogP contribution in [0.25, 0.3) is 32.4 Å². The standard InChI is InChI=1S/C27H19N3O4.ClH/c1-32-21-8-7-16-17-5-6-18-23-15(12-22-26(18)34-14-33-22)9-11-30(25(17)23)13-19(16)24(21)29-27(31)20-4-2-3-10-28-20;/h2-8,10,12-13H,9,11,14H2,1H3;1H. The third kappa shape index (κ3) is 3.08. The normalized spacial score (nSPS) is 13.3. The molecule has 7 nitrogen and oxygen atoms in total. The van der Waals surface area contributed by atoms with Crippen molar-refractivity contribution in [1.29, 1.82) is 0 Å². The Kier molecular flexibility index (Phi) is 4.89. The van der Waals surface area contributed by atoms with Gasteiger partial charge in [-0.1, -0.05) is 6.07 Å². The van der Waals surface area contributed by atoms with E-state index in [2.05, 4.69) is 45.3 Å². The number of aryl methyl sites for hydroxylation is 2. The number of hydrogen-bond acceptors (Lipinski definition) is 5. The summed E-state index contributed by atoms with van der Waals surface area (Å²) < 4.78 is 19.4. The number of nitrogens with zero attached hydrogens (tertiary/aromatic N) is 2. The minimum Gasteiger partial charge on any atom is -1.00 e. The molecule has 0 saturated heterocycles. The Morgan fingerprint density at radius 1 is 1.06 bits per heavy atom. The van der Waals surface area contributed by atoms with E-state index in [1.54, 1.807) is 31.5 Å². The second kappa shape index (κ2) is 7.99. The molecule has 0 radical (unpaired) electrons. The third-order valence-electron chi connectivity index (χ3n) is 6.74. The number of benzene rings is 3. The number of nitrogens with one attached hydrogen (secondary N) is 1. The van der Waals surface area contributed by atoms with E-state index in [1.165, 1.54) is 10.9 Å². The first-order chi connectivity index (χ1) is 16.7. The predicted molar refractivity (Wildman–Crippen MR) is 128 cm³/mol. The lowest BCUT2D eigenvalue weighted by Crippen LogP contribution is -3.00. The molecule has 2 aliphatic heterocycles. The Bertz CT molecular complexity index is 1670. The van der Waals surface area contributed by atoms with Crippen molar-refractivity contribution in [3.05, 3.63) is 72.2 Å². The van der Waals surface area contributed by atoms with Crippen LogP contribution in [0.2, 0.25) is 0 Å². The summed E-state index contributed by atoms with van der Waals surface area (Å²) in [5, 5.41) is 8.38. The molecular weight excluding hydrogens is 466 g/mol. The molecule has 4 heterocycles. The van der Waals surface area contributed by atoms with Gasteiger partial charge in [0.15, 0.2) is 24.2 Å². The van der Waals surface area contributed by atoms with Crippen molar-refractivity contribution in [2.24, 2.45) is 0 Å². The number of methoxy groups -OCH3 is 1.